The summed E-state index contributed by atoms with van der Waals surface area (Å²) in [6, 6.07) is 4.63. The summed E-state index contributed by atoms with van der Waals surface area (Å²) < 4.78 is 25.8. The first-order chi connectivity index (χ1) is 19.2. The van der Waals surface area contributed by atoms with E-state index in [1.165, 1.54) is 18.7 Å². The molecule has 40 heavy (non-hydrogen) atoms. The van der Waals surface area contributed by atoms with Crippen LogP contribution >= 0.6 is 0 Å². The number of aryl methyl sites for hydroxylation is 1. The van der Waals surface area contributed by atoms with Crippen LogP contribution in [0.5, 0.6) is 11.5 Å². The first-order valence-electron chi connectivity index (χ1n) is 14.6. The zero-order valence-electron chi connectivity index (χ0n) is 24.6. The van der Waals surface area contributed by atoms with Gasteiger partial charge in [-0.25, -0.2) is 9.37 Å². The van der Waals surface area contributed by atoms with Gasteiger partial charge in [0.15, 0.2) is 11.6 Å². The van der Waals surface area contributed by atoms with Crippen LogP contribution in [0, 0.1) is 5.82 Å². The van der Waals surface area contributed by atoms with Crippen molar-refractivity contribution in [3.8, 4) is 11.5 Å². The monoisotopic (exact) mass is 556 g/mol. The highest BCUT2D eigenvalue weighted by atomic mass is 19.1. The molecule has 9 heteroatoms. The second kappa shape index (κ2) is 13.6. The lowest BCUT2D eigenvalue weighted by atomic mass is 9.95. The van der Waals surface area contributed by atoms with E-state index in [2.05, 4.69) is 23.3 Å². The number of carboxylic acids is 1. The summed E-state index contributed by atoms with van der Waals surface area (Å²) in [5.74, 6) is 0.520. The Morgan fingerprint density at radius 2 is 2.02 bits per heavy atom. The van der Waals surface area contributed by atoms with Gasteiger partial charge >= 0.3 is 5.97 Å². The fraction of sp³-hybridized carbons (Fsp3) is 0.613. The lowest BCUT2D eigenvalue weighted by Crippen LogP contribution is -2.38. The van der Waals surface area contributed by atoms with Gasteiger partial charge in [0.1, 0.15) is 17.6 Å². The van der Waals surface area contributed by atoms with Crippen molar-refractivity contribution in [2.24, 2.45) is 0 Å². The van der Waals surface area contributed by atoms with Gasteiger partial charge in [0.25, 0.3) is 0 Å². The molecule has 2 aliphatic rings. The van der Waals surface area contributed by atoms with Crippen LogP contribution in [0.15, 0.2) is 18.2 Å². The molecule has 0 bridgehead atoms. The van der Waals surface area contributed by atoms with Crippen molar-refractivity contribution >= 4 is 11.8 Å². The number of rotatable bonds is 13. The number of halogens is 1. The molecule has 2 atom stereocenters. The third kappa shape index (κ3) is 6.86. The highest BCUT2D eigenvalue weighted by molar-refractivity contribution is 5.77. The predicted molar refractivity (Wildman–Crippen MR) is 155 cm³/mol. The normalized spacial score (nSPS) is 18.1. The van der Waals surface area contributed by atoms with Gasteiger partial charge in [0.2, 0.25) is 0 Å². The molecule has 8 nitrogen and oxygen atoms in total. The van der Waals surface area contributed by atoms with Gasteiger partial charge in [-0.05, 0) is 75.7 Å². The number of nitrogens with zero attached hydrogens (tertiary/aromatic N) is 3. The van der Waals surface area contributed by atoms with Gasteiger partial charge in [-0.2, -0.15) is 0 Å². The van der Waals surface area contributed by atoms with Gasteiger partial charge in [0.05, 0.1) is 14.2 Å². The number of pyridine rings is 1. The molecule has 0 unspecified atom stereocenters. The zero-order valence-corrected chi connectivity index (χ0v) is 24.6. The first-order valence-corrected chi connectivity index (χ1v) is 14.6. The Balaban J connectivity index is 1.30. The van der Waals surface area contributed by atoms with Crippen molar-refractivity contribution < 1.29 is 23.8 Å². The Labute approximate surface area is 237 Å². The summed E-state index contributed by atoms with van der Waals surface area (Å²) in [6.07, 6.45) is 7.10. The molecule has 0 aliphatic carbocycles. The van der Waals surface area contributed by atoms with Crippen molar-refractivity contribution in [1.82, 2.24) is 14.8 Å². The molecular weight excluding hydrogens is 511 g/mol. The molecule has 2 aromatic rings. The summed E-state index contributed by atoms with van der Waals surface area (Å²) in [5.41, 5.74) is 3.42. The molecule has 0 radical (unpaired) electrons. The molecule has 2 N–H and O–H groups in total. The Morgan fingerprint density at radius 3 is 2.73 bits per heavy atom. The van der Waals surface area contributed by atoms with E-state index in [-0.39, 0.29) is 17.7 Å². The summed E-state index contributed by atoms with van der Waals surface area (Å²) in [7, 11) is 5.24. The highest BCUT2D eigenvalue weighted by Crippen LogP contribution is 2.37. The molecule has 1 fully saturated rings. The van der Waals surface area contributed by atoms with E-state index in [4.69, 9.17) is 14.5 Å². The average molecular weight is 557 g/mol. The predicted octanol–water partition coefficient (Wildman–Crippen LogP) is 5.26. The molecule has 1 aromatic heterocycles. The lowest BCUT2D eigenvalue weighted by Gasteiger charge is -2.29. The summed E-state index contributed by atoms with van der Waals surface area (Å²) in [4.78, 5) is 21.6. The largest absolute Gasteiger partial charge is 0.496 e. The van der Waals surface area contributed by atoms with Crippen molar-refractivity contribution in [2.75, 3.05) is 52.8 Å². The maximum absolute atomic E-state index is 14.9. The number of ether oxygens (including phenoxy) is 2. The number of aromatic nitrogens is 1. The fourth-order valence-corrected chi connectivity index (χ4v) is 6.03. The third-order valence-electron chi connectivity index (χ3n) is 8.37. The van der Waals surface area contributed by atoms with Gasteiger partial charge in [-0.1, -0.05) is 20.3 Å². The number of aliphatic carboxylic acids is 1. The summed E-state index contributed by atoms with van der Waals surface area (Å²) in [6.45, 7) is 7.11. The summed E-state index contributed by atoms with van der Waals surface area (Å²) in [5, 5.41) is 13.6. The maximum atomic E-state index is 14.9. The van der Waals surface area contributed by atoms with E-state index in [0.29, 0.717) is 18.7 Å². The molecule has 0 amide bonds. The number of hydrogen-bond donors (Lipinski definition) is 2. The highest BCUT2D eigenvalue weighted by Gasteiger charge is 2.37. The van der Waals surface area contributed by atoms with E-state index in [0.717, 1.165) is 80.9 Å². The smallest absolute Gasteiger partial charge is 0.325 e. The number of unbranched alkanes of at least 4 members (excludes halogenated alkanes) is 2. The summed E-state index contributed by atoms with van der Waals surface area (Å²) >= 11 is 0. The van der Waals surface area contributed by atoms with Crippen LogP contribution in [-0.4, -0.2) is 79.3 Å². The van der Waals surface area contributed by atoms with E-state index in [1.54, 1.807) is 13.2 Å². The molecule has 1 aromatic carbocycles. The topological polar surface area (TPSA) is 87.2 Å². The average Bonchev–Trinajstić information content (AvgIpc) is 3.41. The second-order valence-corrected chi connectivity index (χ2v) is 11.4. The molecule has 4 rings (SSSR count). The Bertz CT molecular complexity index is 1160. The van der Waals surface area contributed by atoms with Crippen molar-refractivity contribution in [1.29, 1.82) is 0 Å². The fourth-order valence-electron chi connectivity index (χ4n) is 6.03. The van der Waals surface area contributed by atoms with Gasteiger partial charge < -0.3 is 24.8 Å². The third-order valence-corrected chi connectivity index (χ3v) is 8.37. The molecule has 0 saturated carbocycles. The molecular formula is C31H45FN4O4. The molecule has 220 valence electrons. The number of carboxylic acid groups (broad SMARTS) is 1. The zero-order chi connectivity index (χ0) is 28.8. The minimum Gasteiger partial charge on any atom is -0.496 e. The van der Waals surface area contributed by atoms with Crippen LogP contribution in [0.3, 0.4) is 0 Å². The number of benzene rings is 1. The van der Waals surface area contributed by atoms with E-state index >= 15 is 0 Å². The number of fused-ring (bicyclic) bond motifs is 1. The van der Waals surface area contributed by atoms with Gasteiger partial charge in [-0.3, -0.25) is 9.69 Å². The van der Waals surface area contributed by atoms with Gasteiger partial charge in [0, 0.05) is 48.6 Å². The van der Waals surface area contributed by atoms with Crippen LogP contribution in [0.4, 0.5) is 10.2 Å². The van der Waals surface area contributed by atoms with Crippen molar-refractivity contribution in [2.45, 2.75) is 76.8 Å². The minimum atomic E-state index is -0.982. The Hall–Kier alpha value is -2.91. The number of anilines is 1. The van der Waals surface area contributed by atoms with Crippen molar-refractivity contribution in [3.05, 3.63) is 46.4 Å². The molecule has 3 heterocycles. The number of likely N-dealkylation sites (tertiary alicyclic amines) is 1. The first kappa shape index (κ1) is 30.1. The van der Waals surface area contributed by atoms with Crippen LogP contribution in [0.25, 0.3) is 0 Å². The standard InChI is InChI=1S/C31H45FN4O4/c1-20(2)21-16-25(29(40-5)26(32)17-21)28(31(37)38)36-15-12-23(19-36)35(3)14-8-6-7-10-22-18-27(39-4)24-11-9-13-33-30(24)34-22/h16-18,20,23,28H,6-15,19H2,1-5H3,(H,33,34)(H,37,38)/t23-,28-/m1/s1. The van der Waals surface area contributed by atoms with Crippen LogP contribution < -0.4 is 14.8 Å². The number of hydrogen-bond acceptors (Lipinski definition) is 7. The van der Waals surface area contributed by atoms with Crippen LogP contribution in [-0.2, 0) is 17.6 Å². The van der Waals surface area contributed by atoms with E-state index in [1.807, 2.05) is 18.7 Å². The number of methoxy groups -OCH3 is 2. The molecule has 1 saturated heterocycles. The maximum Gasteiger partial charge on any atom is 0.325 e. The molecule has 2 aliphatic heterocycles. The quantitative estimate of drug-likeness (QED) is 0.323. The Morgan fingerprint density at radius 1 is 1.23 bits per heavy atom. The van der Waals surface area contributed by atoms with Crippen LogP contribution in [0.1, 0.15) is 80.3 Å². The van der Waals surface area contributed by atoms with Crippen molar-refractivity contribution in [3.63, 3.8) is 0 Å². The molecule has 0 spiro atoms. The van der Waals surface area contributed by atoms with Gasteiger partial charge in [-0.15, -0.1) is 0 Å². The van der Waals surface area contributed by atoms with Crippen LogP contribution in [0.2, 0.25) is 0 Å². The number of nitrogens with one attached hydrogen (secondary N) is 1. The Kier molecular flexibility index (Phi) is 10.2. The number of likely N-dealkylation sites (N-methyl/N-ethyl adjacent to an activating group) is 1. The lowest BCUT2D eigenvalue weighted by molar-refractivity contribution is -0.143. The minimum absolute atomic E-state index is 0.0235. The second-order valence-electron chi connectivity index (χ2n) is 11.4. The van der Waals surface area contributed by atoms with E-state index < -0.39 is 17.8 Å². The van der Waals surface area contributed by atoms with E-state index in [9.17, 15) is 14.3 Å². The SMILES string of the molecule is COc1cc(CCCCCN(C)[C@@H]2CCN([C@@H](C(=O)O)c3cc(C(C)C)cc(F)c3OC)C2)nc2c1CCCN2. The number of carbonyl (C=O) groups is 1.